The average molecular weight is 367 g/mol. The average Bonchev–Trinajstić information content (AvgIpc) is 2.52. The van der Waals surface area contributed by atoms with E-state index in [1.807, 2.05) is 0 Å². The van der Waals surface area contributed by atoms with Gasteiger partial charge in [0, 0.05) is 10.7 Å². The minimum Gasteiger partial charge on any atom is -0.324 e. The van der Waals surface area contributed by atoms with E-state index in [4.69, 9.17) is 11.6 Å². The zero-order valence-corrected chi connectivity index (χ0v) is 15.0. The fourth-order valence-electron chi connectivity index (χ4n) is 2.43. The highest BCUT2D eigenvalue weighted by Crippen LogP contribution is 2.23. The van der Waals surface area contributed by atoms with Gasteiger partial charge in [0.15, 0.2) is 0 Å². The van der Waals surface area contributed by atoms with Crippen LogP contribution in [0.15, 0.2) is 54.6 Å². The fraction of sp³-hybridized carbons (Fsp3) is 0.235. The maximum Gasteiger partial charge on any atom is 0.248 e. The van der Waals surface area contributed by atoms with Crippen LogP contribution in [-0.2, 0) is 14.8 Å². The Morgan fingerprint density at radius 2 is 1.83 bits per heavy atom. The molecule has 0 aliphatic carbocycles. The van der Waals surface area contributed by atoms with Gasteiger partial charge in [0.2, 0.25) is 15.9 Å². The molecule has 1 unspecified atom stereocenters. The highest BCUT2D eigenvalue weighted by molar-refractivity contribution is 7.92. The van der Waals surface area contributed by atoms with Gasteiger partial charge in [-0.15, -0.1) is 0 Å². The zero-order valence-electron chi connectivity index (χ0n) is 13.4. The molecule has 2 aromatic carbocycles. The summed E-state index contributed by atoms with van der Waals surface area (Å²) in [6, 6.07) is 14.4. The first-order chi connectivity index (χ1) is 11.3. The Labute approximate surface area is 147 Å². The molecular weight excluding hydrogens is 348 g/mol. The molecule has 0 heterocycles. The number of sulfonamides is 1. The quantitative estimate of drug-likeness (QED) is 0.850. The van der Waals surface area contributed by atoms with Gasteiger partial charge in [0.1, 0.15) is 6.04 Å². The van der Waals surface area contributed by atoms with Gasteiger partial charge < -0.3 is 5.32 Å². The molecule has 1 amide bonds. The molecule has 24 heavy (non-hydrogen) atoms. The molecule has 0 spiro atoms. The number of carbonyl (C=O) groups is 1. The summed E-state index contributed by atoms with van der Waals surface area (Å²) in [6.45, 7) is 1.77. The summed E-state index contributed by atoms with van der Waals surface area (Å²) in [6.07, 6.45) is 1.42. The lowest BCUT2D eigenvalue weighted by molar-refractivity contribution is -0.117. The van der Waals surface area contributed by atoms with Crippen molar-refractivity contribution < 1.29 is 13.2 Å². The molecule has 0 aliphatic rings. The number of halogens is 1. The van der Waals surface area contributed by atoms with Gasteiger partial charge in [-0.3, -0.25) is 9.10 Å². The molecule has 1 N–H and O–H groups in total. The third-order valence-electron chi connectivity index (χ3n) is 3.43. The first-order valence-corrected chi connectivity index (χ1v) is 9.66. The molecule has 0 saturated heterocycles. The van der Waals surface area contributed by atoms with Crippen molar-refractivity contribution in [1.29, 1.82) is 0 Å². The largest absolute Gasteiger partial charge is 0.324 e. The second-order valence-electron chi connectivity index (χ2n) is 5.32. The van der Waals surface area contributed by atoms with Gasteiger partial charge in [-0.25, -0.2) is 8.42 Å². The summed E-state index contributed by atoms with van der Waals surface area (Å²) >= 11 is 5.92. The van der Waals surface area contributed by atoms with E-state index in [-0.39, 0.29) is 0 Å². The van der Waals surface area contributed by atoms with Crippen LogP contribution in [0, 0.1) is 0 Å². The summed E-state index contributed by atoms with van der Waals surface area (Å²) < 4.78 is 25.7. The summed E-state index contributed by atoms with van der Waals surface area (Å²) in [5.74, 6) is -0.408. The number of anilines is 2. The Balaban J connectivity index is 2.34. The predicted octanol–water partition coefficient (Wildman–Crippen LogP) is 3.52. The molecule has 0 aromatic heterocycles. The van der Waals surface area contributed by atoms with Crippen LogP contribution in [0.5, 0.6) is 0 Å². The molecule has 0 fully saturated rings. The van der Waals surface area contributed by atoms with Crippen molar-refractivity contribution in [3.05, 3.63) is 59.6 Å². The lowest BCUT2D eigenvalue weighted by Gasteiger charge is -2.30. The molecule has 5 nitrogen and oxygen atoms in total. The number of rotatable bonds is 6. The Morgan fingerprint density at radius 1 is 1.17 bits per heavy atom. The summed E-state index contributed by atoms with van der Waals surface area (Å²) in [7, 11) is -3.63. The van der Waals surface area contributed by atoms with E-state index in [2.05, 4.69) is 5.32 Å². The van der Waals surface area contributed by atoms with Crippen LogP contribution in [0.2, 0.25) is 5.02 Å². The van der Waals surface area contributed by atoms with Gasteiger partial charge in [-0.2, -0.15) is 0 Å². The summed E-state index contributed by atoms with van der Waals surface area (Å²) in [4.78, 5) is 12.7. The van der Waals surface area contributed by atoms with E-state index < -0.39 is 22.0 Å². The van der Waals surface area contributed by atoms with Crippen molar-refractivity contribution in [2.75, 3.05) is 15.9 Å². The van der Waals surface area contributed by atoms with Gasteiger partial charge in [-0.1, -0.05) is 42.8 Å². The van der Waals surface area contributed by atoms with Gasteiger partial charge in [-0.05, 0) is 36.8 Å². The van der Waals surface area contributed by atoms with Crippen LogP contribution < -0.4 is 9.62 Å². The van der Waals surface area contributed by atoms with Crippen LogP contribution >= 0.6 is 11.6 Å². The second-order valence-corrected chi connectivity index (χ2v) is 7.61. The van der Waals surface area contributed by atoms with Crippen molar-refractivity contribution in [2.24, 2.45) is 0 Å². The molecule has 0 aliphatic heterocycles. The number of para-hydroxylation sites is 1. The van der Waals surface area contributed by atoms with Crippen molar-refractivity contribution in [1.82, 2.24) is 0 Å². The normalized spacial score (nSPS) is 12.5. The van der Waals surface area contributed by atoms with Crippen LogP contribution in [0.4, 0.5) is 11.4 Å². The van der Waals surface area contributed by atoms with E-state index in [0.717, 1.165) is 10.6 Å². The minimum absolute atomic E-state index is 0.328. The number of amides is 1. The van der Waals surface area contributed by atoms with Crippen LogP contribution in [-0.4, -0.2) is 26.6 Å². The molecular formula is C17H19ClN2O3S. The number of hydrogen-bond donors (Lipinski definition) is 1. The number of nitrogens with zero attached hydrogens (tertiary/aromatic N) is 1. The number of carbonyl (C=O) groups excluding carboxylic acids is 1. The van der Waals surface area contributed by atoms with Crippen molar-refractivity contribution in [2.45, 2.75) is 19.4 Å². The maximum absolute atomic E-state index is 12.7. The van der Waals surface area contributed by atoms with Gasteiger partial charge >= 0.3 is 0 Å². The van der Waals surface area contributed by atoms with Crippen LogP contribution in [0.1, 0.15) is 13.3 Å². The Morgan fingerprint density at radius 3 is 2.38 bits per heavy atom. The number of benzene rings is 2. The topological polar surface area (TPSA) is 66.5 Å². The first kappa shape index (κ1) is 18.3. The van der Waals surface area contributed by atoms with Gasteiger partial charge in [0.05, 0.1) is 11.9 Å². The highest BCUT2D eigenvalue weighted by atomic mass is 35.5. The smallest absolute Gasteiger partial charge is 0.248 e. The van der Waals surface area contributed by atoms with Crippen molar-refractivity contribution in [3.63, 3.8) is 0 Å². The summed E-state index contributed by atoms with van der Waals surface area (Å²) in [5, 5.41) is 3.22. The molecule has 0 bridgehead atoms. The van der Waals surface area contributed by atoms with E-state index in [0.29, 0.717) is 22.8 Å². The van der Waals surface area contributed by atoms with Crippen LogP contribution in [0.25, 0.3) is 0 Å². The lowest BCUT2D eigenvalue weighted by atomic mass is 10.2. The highest BCUT2D eigenvalue weighted by Gasteiger charge is 2.31. The van der Waals surface area contributed by atoms with E-state index in [1.165, 1.54) is 0 Å². The standard InChI is InChI=1S/C17H19ClN2O3S/c1-3-16(17(21)19-14-9-7-8-13(18)12-14)20(24(2,22)23)15-10-5-4-6-11-15/h4-12,16H,3H2,1-2H3,(H,19,21). The minimum atomic E-state index is -3.63. The predicted molar refractivity (Wildman–Crippen MR) is 97.9 cm³/mol. The molecule has 0 saturated carbocycles. The molecule has 0 radical (unpaired) electrons. The van der Waals surface area contributed by atoms with Crippen molar-refractivity contribution >= 4 is 38.9 Å². The third kappa shape index (κ3) is 4.49. The Hall–Kier alpha value is -2.05. The molecule has 1 atom stereocenters. The van der Waals surface area contributed by atoms with E-state index >= 15 is 0 Å². The molecule has 2 aromatic rings. The van der Waals surface area contributed by atoms with E-state index in [1.54, 1.807) is 61.5 Å². The first-order valence-electron chi connectivity index (χ1n) is 7.44. The second kappa shape index (κ2) is 7.68. The Kier molecular flexibility index (Phi) is 5.85. The molecule has 128 valence electrons. The number of nitrogens with one attached hydrogen (secondary N) is 1. The third-order valence-corrected chi connectivity index (χ3v) is 4.85. The van der Waals surface area contributed by atoms with Gasteiger partial charge in [0.25, 0.3) is 0 Å². The summed E-state index contributed by atoms with van der Waals surface area (Å²) in [5.41, 5.74) is 0.973. The zero-order chi connectivity index (χ0) is 17.7. The van der Waals surface area contributed by atoms with Crippen LogP contribution in [0.3, 0.4) is 0 Å². The lowest BCUT2D eigenvalue weighted by Crippen LogP contribution is -2.46. The van der Waals surface area contributed by atoms with Crippen molar-refractivity contribution in [3.8, 4) is 0 Å². The Bertz CT molecular complexity index is 810. The molecule has 7 heteroatoms. The monoisotopic (exact) mass is 366 g/mol. The van der Waals surface area contributed by atoms with E-state index in [9.17, 15) is 13.2 Å². The SMILES string of the molecule is CCC(C(=O)Nc1cccc(Cl)c1)N(c1ccccc1)S(C)(=O)=O. The number of hydrogen-bond acceptors (Lipinski definition) is 3. The maximum atomic E-state index is 12.7. The fourth-order valence-corrected chi connectivity index (χ4v) is 3.83. The molecule has 2 rings (SSSR count).